The van der Waals surface area contributed by atoms with Crippen LogP contribution in [-0.2, 0) is 39.5 Å². The minimum absolute atomic E-state index is 0. The van der Waals surface area contributed by atoms with Crippen LogP contribution in [0.15, 0.2) is 107 Å². The number of amides is 2. The van der Waals surface area contributed by atoms with E-state index in [1.807, 2.05) is 84.9 Å². The smallest absolute Gasteiger partial charge is 0.320 e. The fourth-order valence-electron chi connectivity index (χ4n) is 4.18. The van der Waals surface area contributed by atoms with Crippen LogP contribution in [0, 0.1) is 20.5 Å². The predicted molar refractivity (Wildman–Crippen MR) is 149 cm³/mol. The molecule has 0 fully saturated rings. The Morgan fingerprint density at radius 1 is 0.531 bits per heavy atom. The molecule has 2 amide bonds. The normalized spacial score (nSPS) is 14.4. The van der Waals surface area contributed by atoms with Crippen molar-refractivity contribution in [2.45, 2.75) is 12.8 Å². The van der Waals surface area contributed by atoms with Crippen LogP contribution in [0.3, 0.4) is 0 Å². The van der Waals surface area contributed by atoms with Crippen LogP contribution in [0.1, 0.15) is 22.5 Å². The first-order valence-corrected chi connectivity index (χ1v) is 16.1. The first kappa shape index (κ1) is 41.0. The van der Waals surface area contributed by atoms with Gasteiger partial charge in [0.25, 0.3) is 11.8 Å². The molecular formula is C30H26Cl2CuN6O10. The Kier molecular flexibility index (Phi) is 16.5. The summed E-state index contributed by atoms with van der Waals surface area (Å²) in [5.41, 5.74) is 6.45. The van der Waals surface area contributed by atoms with Gasteiger partial charge in [0.2, 0.25) is 0 Å². The molecule has 0 bridgehead atoms. The Hall–Kier alpha value is -4.20. The number of hydrogen-bond donors (Lipinski definition) is 2. The number of aliphatic imine (C=N–C) groups is 2. The fourth-order valence-corrected chi connectivity index (χ4v) is 4.18. The van der Waals surface area contributed by atoms with E-state index in [4.69, 9.17) is 37.3 Å². The Labute approximate surface area is 294 Å². The fraction of sp³-hybridized carbons (Fsp3) is 0.133. The number of fused-ring (bicyclic) bond motifs is 2. The van der Waals surface area contributed by atoms with Crippen LogP contribution in [0.4, 0.5) is 11.4 Å². The molecule has 2 aliphatic heterocycles. The van der Waals surface area contributed by atoms with Gasteiger partial charge in [-0.15, -0.1) is 20.5 Å². The van der Waals surface area contributed by atoms with E-state index in [0.29, 0.717) is 24.5 Å². The largest absolute Gasteiger partial charge is 2.00 e. The van der Waals surface area contributed by atoms with Gasteiger partial charge in [0.15, 0.2) is 0 Å². The number of aromatic nitrogens is 2. The van der Waals surface area contributed by atoms with E-state index in [9.17, 15) is 9.59 Å². The van der Waals surface area contributed by atoms with Crippen LogP contribution in [0.25, 0.3) is 0 Å². The maximum absolute atomic E-state index is 11.8. The number of hydrogen-bond acceptors (Lipinski definition) is 14. The number of pyridine rings is 2. The first-order chi connectivity index (χ1) is 22.7. The monoisotopic (exact) mass is 763 g/mol. The summed E-state index contributed by atoms with van der Waals surface area (Å²) in [5.74, 6) is -0.246. The second-order valence-corrected chi connectivity index (χ2v) is 10.9. The molecule has 19 heteroatoms. The van der Waals surface area contributed by atoms with Crippen molar-refractivity contribution in [3.05, 3.63) is 120 Å². The van der Waals surface area contributed by atoms with Crippen molar-refractivity contribution < 1.29 is 84.4 Å². The van der Waals surface area contributed by atoms with E-state index in [1.165, 1.54) is 0 Å². The van der Waals surface area contributed by atoms with Gasteiger partial charge in [0, 0.05) is 60.8 Å². The number of halogens is 2. The number of carbonyl (C=O) groups is 2. The molecule has 0 atom stereocenters. The SMILES string of the molecule is O=C1Nc2ccccc2C1=NCCc1ccccn1.O=C1Nc2ccccc2C1=NCCc1ccccn1.[Cu+2].[O-][Cl+3]([O-])([O-])[O-].[O-][Cl+3]([O-])([O-])[O-]. The molecule has 0 aliphatic carbocycles. The number of para-hydroxylation sites is 2. The van der Waals surface area contributed by atoms with Crippen LogP contribution in [0.5, 0.6) is 0 Å². The number of benzene rings is 2. The number of rotatable bonds is 6. The zero-order valence-electron chi connectivity index (χ0n) is 25.0. The van der Waals surface area contributed by atoms with E-state index in [-0.39, 0.29) is 28.9 Å². The molecule has 2 aliphatic rings. The second kappa shape index (κ2) is 19.7. The molecule has 49 heavy (non-hydrogen) atoms. The summed E-state index contributed by atoms with van der Waals surface area (Å²) < 4.78 is 67.9. The van der Waals surface area contributed by atoms with Crippen molar-refractivity contribution >= 4 is 34.6 Å². The van der Waals surface area contributed by atoms with Gasteiger partial charge in [0.05, 0.1) is 11.4 Å². The van der Waals surface area contributed by atoms with Crippen molar-refractivity contribution in [3.63, 3.8) is 0 Å². The maximum Gasteiger partial charge on any atom is 2.00 e. The van der Waals surface area contributed by atoms with E-state index < -0.39 is 20.5 Å². The van der Waals surface area contributed by atoms with E-state index in [2.05, 4.69) is 30.6 Å². The van der Waals surface area contributed by atoms with E-state index >= 15 is 0 Å². The Morgan fingerprint density at radius 2 is 0.857 bits per heavy atom. The van der Waals surface area contributed by atoms with Gasteiger partial charge in [-0.1, -0.05) is 48.5 Å². The molecule has 2 N–H and O–H groups in total. The Balaban J connectivity index is 0.000000264. The average Bonchev–Trinajstić information content (AvgIpc) is 3.52. The van der Waals surface area contributed by atoms with Gasteiger partial charge in [-0.3, -0.25) is 29.5 Å². The molecule has 6 rings (SSSR count). The molecule has 0 spiro atoms. The Morgan fingerprint density at radius 3 is 1.18 bits per heavy atom. The topological polar surface area (TPSA) is 293 Å². The van der Waals surface area contributed by atoms with Crippen molar-refractivity contribution in [1.29, 1.82) is 0 Å². The van der Waals surface area contributed by atoms with Crippen LogP contribution in [-0.4, -0.2) is 46.3 Å². The number of nitrogens with one attached hydrogen (secondary N) is 2. The van der Waals surface area contributed by atoms with Gasteiger partial charge < -0.3 is 10.6 Å². The summed E-state index contributed by atoms with van der Waals surface area (Å²) in [7, 11) is -9.89. The molecule has 4 aromatic rings. The third-order valence-corrected chi connectivity index (χ3v) is 6.02. The first-order valence-electron chi connectivity index (χ1n) is 13.6. The number of anilines is 2. The molecule has 0 saturated carbocycles. The summed E-state index contributed by atoms with van der Waals surface area (Å²) in [4.78, 5) is 40.9. The van der Waals surface area contributed by atoms with Gasteiger partial charge in [-0.25, -0.2) is 37.3 Å². The van der Waals surface area contributed by atoms with Crippen molar-refractivity contribution in [2.24, 2.45) is 9.98 Å². The van der Waals surface area contributed by atoms with E-state index in [0.717, 1.165) is 46.7 Å². The average molecular weight is 765 g/mol. The van der Waals surface area contributed by atoms with Gasteiger partial charge in [-0.05, 0) is 36.4 Å². The summed E-state index contributed by atoms with van der Waals surface area (Å²) >= 11 is 0. The Bertz CT molecular complexity index is 1580. The second-order valence-electron chi connectivity index (χ2n) is 9.36. The molecule has 2 aromatic carbocycles. The zero-order chi connectivity index (χ0) is 35.2. The maximum atomic E-state index is 11.8. The van der Waals surface area contributed by atoms with E-state index in [1.54, 1.807) is 12.4 Å². The molecule has 0 saturated heterocycles. The standard InChI is InChI=1S/2C15H13N3O.2ClHO4.Cu/c2*19-15-14(12-6-1-2-7-13(12)18-15)17-10-8-11-5-3-4-9-16-11;2*2-1(3,4)5;/h2*1-7,9H,8,10H2,(H,17,18,19);2*(H,2,3,4,5);/q;;;;+2/p-2. The molecule has 16 nitrogen and oxygen atoms in total. The summed E-state index contributed by atoms with van der Waals surface area (Å²) in [6.45, 7) is 1.13. The third kappa shape index (κ3) is 15.7. The van der Waals surface area contributed by atoms with Crippen LogP contribution in [0.2, 0.25) is 0 Å². The predicted octanol–water partition coefficient (Wildman–Crippen LogP) is -5.38. The minimum Gasteiger partial charge on any atom is -0.320 e. The molecule has 261 valence electrons. The van der Waals surface area contributed by atoms with Gasteiger partial charge in [0.1, 0.15) is 11.4 Å². The molecular weight excluding hydrogens is 739 g/mol. The third-order valence-electron chi connectivity index (χ3n) is 6.02. The number of carbonyl (C=O) groups excluding carboxylic acids is 2. The van der Waals surface area contributed by atoms with Crippen LogP contribution >= 0.6 is 0 Å². The summed E-state index contributed by atoms with van der Waals surface area (Å²) in [6, 6.07) is 26.8. The van der Waals surface area contributed by atoms with Crippen molar-refractivity contribution in [3.8, 4) is 0 Å². The van der Waals surface area contributed by atoms with Crippen LogP contribution < -0.4 is 47.9 Å². The van der Waals surface area contributed by atoms with Gasteiger partial charge >= 0.3 is 17.1 Å². The van der Waals surface area contributed by atoms with Crippen molar-refractivity contribution in [2.75, 3.05) is 23.7 Å². The zero-order valence-corrected chi connectivity index (χ0v) is 27.4. The number of nitrogens with zero attached hydrogens (tertiary/aromatic N) is 4. The molecule has 0 unspecified atom stereocenters. The molecule has 1 radical (unpaired) electrons. The molecule has 4 heterocycles. The summed E-state index contributed by atoms with van der Waals surface area (Å²) in [6.07, 6.45) is 5.00. The minimum atomic E-state index is -4.94. The molecule has 2 aromatic heterocycles. The van der Waals surface area contributed by atoms with Crippen molar-refractivity contribution in [1.82, 2.24) is 9.97 Å². The quantitative estimate of drug-likeness (QED) is 0.174. The summed E-state index contributed by atoms with van der Waals surface area (Å²) in [5, 5.41) is 5.62. The van der Waals surface area contributed by atoms with Gasteiger partial charge in [-0.2, -0.15) is 0 Å².